The second-order valence-corrected chi connectivity index (χ2v) is 11.7. The zero-order chi connectivity index (χ0) is 19.8. The van der Waals surface area contributed by atoms with Gasteiger partial charge in [-0.2, -0.15) is 0 Å². The van der Waals surface area contributed by atoms with E-state index in [1.54, 1.807) is 6.07 Å². The van der Waals surface area contributed by atoms with E-state index >= 15 is 0 Å². The molecular formula is C20H30Cl2N2O2S. The van der Waals surface area contributed by atoms with Gasteiger partial charge in [0.15, 0.2) is 0 Å². The summed E-state index contributed by atoms with van der Waals surface area (Å²) < 4.78 is 15.7. The SMILES string of the molecule is CC(C)(C)S(=O)NC(c1cc(Cl)c(Cl)cc1O)C1CCN(CC2CC2)CC1. The summed E-state index contributed by atoms with van der Waals surface area (Å²) in [4.78, 5) is 2.54. The molecule has 1 aromatic carbocycles. The van der Waals surface area contributed by atoms with Crippen LogP contribution in [0.5, 0.6) is 5.75 Å². The molecule has 1 saturated carbocycles. The van der Waals surface area contributed by atoms with Crippen LogP contribution in [-0.2, 0) is 11.0 Å². The highest BCUT2D eigenvalue weighted by Crippen LogP contribution is 2.40. The fourth-order valence-corrected chi connectivity index (χ4v) is 4.87. The molecule has 0 bridgehead atoms. The fourth-order valence-electron chi connectivity index (χ4n) is 3.64. The summed E-state index contributed by atoms with van der Waals surface area (Å²) in [7, 11) is -1.25. The number of piperidine rings is 1. The Kier molecular flexibility index (Phi) is 6.79. The lowest BCUT2D eigenvalue weighted by Gasteiger charge is -2.37. The number of nitrogens with zero attached hydrogens (tertiary/aromatic N) is 1. The maximum absolute atomic E-state index is 12.8. The van der Waals surface area contributed by atoms with Crippen LogP contribution >= 0.6 is 23.2 Å². The Morgan fingerprint density at radius 2 is 1.78 bits per heavy atom. The van der Waals surface area contributed by atoms with E-state index in [4.69, 9.17) is 23.2 Å². The average Bonchev–Trinajstić information content (AvgIpc) is 3.40. The molecule has 1 aliphatic heterocycles. The average molecular weight is 433 g/mol. The predicted molar refractivity (Wildman–Crippen MR) is 114 cm³/mol. The van der Waals surface area contributed by atoms with Crippen molar-refractivity contribution in [2.75, 3.05) is 19.6 Å². The highest BCUT2D eigenvalue weighted by atomic mass is 35.5. The monoisotopic (exact) mass is 432 g/mol. The maximum Gasteiger partial charge on any atom is 0.121 e. The quantitative estimate of drug-likeness (QED) is 0.670. The van der Waals surface area contributed by atoms with Crippen molar-refractivity contribution in [2.45, 2.75) is 57.2 Å². The summed E-state index contributed by atoms with van der Waals surface area (Å²) in [5, 5.41) is 11.3. The zero-order valence-corrected chi connectivity index (χ0v) is 18.6. The maximum atomic E-state index is 12.8. The lowest BCUT2D eigenvalue weighted by Crippen LogP contribution is -2.43. The van der Waals surface area contributed by atoms with Crippen molar-refractivity contribution in [1.82, 2.24) is 9.62 Å². The first-order chi connectivity index (χ1) is 12.6. The third-order valence-corrected chi connectivity index (χ3v) is 7.81. The van der Waals surface area contributed by atoms with Crippen LogP contribution in [0.3, 0.4) is 0 Å². The number of aromatic hydroxyl groups is 1. The Morgan fingerprint density at radius 1 is 1.19 bits per heavy atom. The lowest BCUT2D eigenvalue weighted by molar-refractivity contribution is 0.159. The molecule has 1 aromatic rings. The molecule has 152 valence electrons. The second kappa shape index (κ2) is 8.58. The van der Waals surface area contributed by atoms with Crippen molar-refractivity contribution >= 4 is 34.2 Å². The van der Waals surface area contributed by atoms with Crippen molar-refractivity contribution in [2.24, 2.45) is 11.8 Å². The minimum Gasteiger partial charge on any atom is -0.508 e. The predicted octanol–water partition coefficient (Wildman–Crippen LogP) is 4.91. The first-order valence-corrected chi connectivity index (χ1v) is 11.6. The van der Waals surface area contributed by atoms with E-state index in [0.29, 0.717) is 15.6 Å². The van der Waals surface area contributed by atoms with Gasteiger partial charge in [0, 0.05) is 18.2 Å². The third kappa shape index (κ3) is 5.60. The molecule has 0 amide bonds. The summed E-state index contributed by atoms with van der Waals surface area (Å²) >= 11 is 12.3. The van der Waals surface area contributed by atoms with E-state index in [1.165, 1.54) is 25.5 Å². The summed E-state index contributed by atoms with van der Waals surface area (Å²) in [6.45, 7) is 9.13. The fraction of sp³-hybridized carbons (Fsp3) is 0.700. The van der Waals surface area contributed by atoms with Gasteiger partial charge >= 0.3 is 0 Å². The number of hydrogen-bond donors (Lipinski definition) is 2. The number of nitrogens with one attached hydrogen (secondary N) is 1. The number of phenolic OH excluding ortho intramolecular Hbond substituents is 1. The molecular weight excluding hydrogens is 403 g/mol. The molecule has 7 heteroatoms. The van der Waals surface area contributed by atoms with E-state index in [9.17, 15) is 9.32 Å². The molecule has 2 unspecified atom stereocenters. The molecule has 2 fully saturated rings. The van der Waals surface area contributed by atoms with Crippen molar-refractivity contribution in [3.63, 3.8) is 0 Å². The number of likely N-dealkylation sites (tertiary alicyclic amines) is 1. The standard InChI is InChI=1S/C20H30Cl2N2O2S/c1-20(2,3)27(26)23-19(15-10-16(21)17(22)11-18(15)25)14-6-8-24(9-7-14)12-13-4-5-13/h10-11,13-14,19,23,25H,4-9,12H2,1-3H3. The van der Waals surface area contributed by atoms with Gasteiger partial charge in [0.25, 0.3) is 0 Å². The lowest BCUT2D eigenvalue weighted by atomic mass is 9.85. The molecule has 2 aliphatic rings. The second-order valence-electron chi connectivity index (χ2n) is 8.88. The highest BCUT2D eigenvalue weighted by Gasteiger charge is 2.34. The molecule has 2 N–H and O–H groups in total. The zero-order valence-electron chi connectivity index (χ0n) is 16.3. The van der Waals surface area contributed by atoms with Crippen LogP contribution in [0.1, 0.15) is 58.1 Å². The Hall–Kier alpha value is -0.330. The van der Waals surface area contributed by atoms with Crippen LogP contribution < -0.4 is 4.72 Å². The molecule has 3 rings (SSSR count). The number of phenols is 1. The number of halogens is 2. The molecule has 1 aliphatic carbocycles. The molecule has 1 heterocycles. The van der Waals surface area contributed by atoms with Crippen molar-refractivity contribution in [1.29, 1.82) is 0 Å². The Labute approximate surface area is 175 Å². The normalized spacial score (nSPS) is 22.0. The highest BCUT2D eigenvalue weighted by molar-refractivity contribution is 7.84. The van der Waals surface area contributed by atoms with Gasteiger partial charge < -0.3 is 10.0 Å². The molecule has 1 saturated heterocycles. The Bertz CT molecular complexity index is 696. The molecule has 27 heavy (non-hydrogen) atoms. The number of hydrogen-bond acceptors (Lipinski definition) is 3. The molecule has 2 atom stereocenters. The molecule has 0 radical (unpaired) electrons. The van der Waals surface area contributed by atoms with Crippen molar-refractivity contribution in [3.8, 4) is 5.75 Å². The number of rotatable bonds is 6. The molecule has 0 aromatic heterocycles. The van der Waals surface area contributed by atoms with E-state index in [0.717, 1.165) is 31.8 Å². The van der Waals surface area contributed by atoms with Crippen LogP contribution in [0.25, 0.3) is 0 Å². The minimum absolute atomic E-state index is 0.105. The number of benzene rings is 1. The summed E-state index contributed by atoms with van der Waals surface area (Å²) in [6.07, 6.45) is 4.74. The van der Waals surface area contributed by atoms with Crippen molar-refractivity contribution in [3.05, 3.63) is 27.7 Å². The van der Waals surface area contributed by atoms with Crippen LogP contribution in [0, 0.1) is 11.8 Å². The van der Waals surface area contributed by atoms with E-state index in [1.807, 2.05) is 20.8 Å². The Morgan fingerprint density at radius 3 is 2.33 bits per heavy atom. The van der Waals surface area contributed by atoms with E-state index in [-0.39, 0.29) is 17.7 Å². The molecule has 0 spiro atoms. The smallest absolute Gasteiger partial charge is 0.121 e. The van der Waals surface area contributed by atoms with Crippen LogP contribution in [0.2, 0.25) is 10.0 Å². The largest absolute Gasteiger partial charge is 0.508 e. The first kappa shape index (κ1) is 21.4. The Balaban J connectivity index is 1.80. The van der Waals surface area contributed by atoms with Crippen LogP contribution in [-0.4, -0.2) is 38.6 Å². The molecule has 4 nitrogen and oxygen atoms in total. The summed E-state index contributed by atoms with van der Waals surface area (Å²) in [5.74, 6) is 1.28. The third-order valence-electron chi connectivity index (χ3n) is 5.51. The van der Waals surface area contributed by atoms with Gasteiger partial charge in [0.2, 0.25) is 0 Å². The van der Waals surface area contributed by atoms with Crippen molar-refractivity contribution < 1.29 is 9.32 Å². The van der Waals surface area contributed by atoms with E-state index in [2.05, 4.69) is 9.62 Å². The van der Waals surface area contributed by atoms with Crippen LogP contribution in [0.4, 0.5) is 0 Å². The first-order valence-electron chi connectivity index (χ1n) is 9.73. The summed E-state index contributed by atoms with van der Waals surface area (Å²) in [5.41, 5.74) is 0.683. The van der Waals surface area contributed by atoms with Crippen LogP contribution in [0.15, 0.2) is 12.1 Å². The van der Waals surface area contributed by atoms with Gasteiger partial charge in [-0.3, -0.25) is 0 Å². The van der Waals surface area contributed by atoms with Gasteiger partial charge in [-0.1, -0.05) is 23.2 Å². The van der Waals surface area contributed by atoms with Gasteiger partial charge in [0.1, 0.15) is 5.75 Å². The van der Waals surface area contributed by atoms with Gasteiger partial charge in [-0.15, -0.1) is 0 Å². The summed E-state index contributed by atoms with van der Waals surface area (Å²) in [6, 6.07) is 2.98. The van der Waals surface area contributed by atoms with E-state index < -0.39 is 15.7 Å². The van der Waals surface area contributed by atoms with Gasteiger partial charge in [-0.25, -0.2) is 8.93 Å². The topological polar surface area (TPSA) is 52.6 Å². The van der Waals surface area contributed by atoms with Gasteiger partial charge in [-0.05, 0) is 77.4 Å². The van der Waals surface area contributed by atoms with Gasteiger partial charge in [0.05, 0.1) is 31.8 Å². The minimum atomic E-state index is -1.25.